The second-order valence-electron chi connectivity index (χ2n) is 11.2. The van der Waals surface area contributed by atoms with E-state index in [9.17, 15) is 8.42 Å². The van der Waals surface area contributed by atoms with Gasteiger partial charge in [-0.15, -0.1) is 5.10 Å². The van der Waals surface area contributed by atoms with Crippen molar-refractivity contribution in [2.45, 2.75) is 50.0 Å². The largest absolute Gasteiger partial charge is 0.495 e. The quantitative estimate of drug-likeness (QED) is 0.334. The van der Waals surface area contributed by atoms with Crippen LogP contribution in [-0.4, -0.2) is 60.7 Å². The molecular weight excluding hydrogens is 512 g/mol. The van der Waals surface area contributed by atoms with E-state index in [1.807, 2.05) is 45.0 Å². The number of hydrogen-bond acceptors (Lipinski definition) is 7. The van der Waals surface area contributed by atoms with Gasteiger partial charge in [-0.05, 0) is 102 Å². The summed E-state index contributed by atoms with van der Waals surface area (Å²) in [6.07, 6.45) is 4.01. The lowest BCUT2D eigenvalue weighted by molar-refractivity contribution is 0.255. The number of nitrogens with zero attached hydrogens (tertiary/aromatic N) is 4. The maximum atomic E-state index is 12.9. The first kappa shape index (κ1) is 27.1. The van der Waals surface area contributed by atoms with Gasteiger partial charge in [0.15, 0.2) is 0 Å². The Balaban J connectivity index is 1.43. The van der Waals surface area contributed by atoms with E-state index in [2.05, 4.69) is 39.1 Å². The number of anilines is 2. The molecule has 0 spiro atoms. The van der Waals surface area contributed by atoms with Crippen molar-refractivity contribution in [2.75, 3.05) is 32.6 Å². The molecule has 1 fully saturated rings. The van der Waals surface area contributed by atoms with Crippen molar-refractivity contribution < 1.29 is 13.2 Å². The highest BCUT2D eigenvalue weighted by molar-refractivity contribution is 7.89. The maximum absolute atomic E-state index is 12.9. The number of aromatic nitrogens is 3. The van der Waals surface area contributed by atoms with E-state index >= 15 is 0 Å². The molecule has 1 aliphatic heterocycles. The van der Waals surface area contributed by atoms with Crippen molar-refractivity contribution in [3.63, 3.8) is 0 Å². The molecule has 206 valence electrons. The molecule has 4 aromatic rings. The van der Waals surface area contributed by atoms with Gasteiger partial charge in [-0.3, -0.25) is 0 Å². The molecule has 5 rings (SSSR count). The van der Waals surface area contributed by atoms with Crippen molar-refractivity contribution in [2.24, 2.45) is 0 Å². The van der Waals surface area contributed by atoms with Gasteiger partial charge >= 0.3 is 0 Å². The lowest BCUT2D eigenvalue weighted by Crippen LogP contribution is -2.40. The van der Waals surface area contributed by atoms with Gasteiger partial charge in [0, 0.05) is 11.1 Å². The fraction of sp³-hybridized carbons (Fsp3) is 0.379. The normalized spacial score (nSPS) is 15.5. The van der Waals surface area contributed by atoms with Crippen LogP contribution in [-0.2, 0) is 10.0 Å². The Bertz CT molecular complexity index is 1580. The number of fused-ring (bicyclic) bond motifs is 1. The molecule has 0 amide bonds. The third-order valence-electron chi connectivity index (χ3n) is 6.94. The second-order valence-corrected chi connectivity index (χ2v) is 12.9. The van der Waals surface area contributed by atoms with Crippen molar-refractivity contribution >= 4 is 27.2 Å². The Morgan fingerprint density at radius 1 is 1.03 bits per heavy atom. The first-order chi connectivity index (χ1) is 18.5. The number of piperidine rings is 1. The van der Waals surface area contributed by atoms with Gasteiger partial charge in [0.05, 0.1) is 35.1 Å². The van der Waals surface area contributed by atoms with Gasteiger partial charge in [-0.2, -0.15) is 0 Å². The van der Waals surface area contributed by atoms with Crippen molar-refractivity contribution in [1.29, 1.82) is 0 Å². The molecule has 0 aliphatic carbocycles. The van der Waals surface area contributed by atoms with Crippen LogP contribution < -0.4 is 14.8 Å². The van der Waals surface area contributed by atoms with Crippen molar-refractivity contribution in [1.82, 2.24) is 24.2 Å². The molecule has 2 aromatic heterocycles. The summed E-state index contributed by atoms with van der Waals surface area (Å²) >= 11 is 0. The summed E-state index contributed by atoms with van der Waals surface area (Å²) in [5.41, 5.74) is 3.76. The summed E-state index contributed by atoms with van der Waals surface area (Å²) in [5, 5.41) is 8.02. The van der Waals surface area contributed by atoms with Crippen LogP contribution in [0.25, 0.3) is 16.8 Å². The number of sulfonamides is 1. The second kappa shape index (κ2) is 10.6. The van der Waals surface area contributed by atoms with Crippen LogP contribution in [0.3, 0.4) is 0 Å². The Kier molecular flexibility index (Phi) is 7.37. The van der Waals surface area contributed by atoms with Crippen LogP contribution in [0.15, 0.2) is 65.7 Å². The number of methoxy groups -OCH3 is 1. The number of hydrogen-bond donors (Lipinski definition) is 2. The van der Waals surface area contributed by atoms with Gasteiger partial charge in [0.1, 0.15) is 5.75 Å². The zero-order valence-corrected chi connectivity index (χ0v) is 23.9. The summed E-state index contributed by atoms with van der Waals surface area (Å²) in [6.45, 7) is 7.65. The zero-order chi connectivity index (χ0) is 27.8. The van der Waals surface area contributed by atoms with Crippen LogP contribution in [0.1, 0.15) is 45.1 Å². The molecule has 9 nitrogen and oxygen atoms in total. The lowest BCUT2D eigenvalue weighted by Gasteiger charge is -2.29. The highest BCUT2D eigenvalue weighted by Crippen LogP contribution is 2.34. The third-order valence-corrected chi connectivity index (χ3v) is 8.70. The molecule has 10 heteroatoms. The summed E-state index contributed by atoms with van der Waals surface area (Å²) < 4.78 is 36.0. The Morgan fingerprint density at radius 2 is 1.79 bits per heavy atom. The average molecular weight is 549 g/mol. The maximum Gasteiger partial charge on any atom is 0.245 e. The van der Waals surface area contributed by atoms with Crippen molar-refractivity contribution in [3.8, 4) is 17.0 Å². The fourth-order valence-electron chi connectivity index (χ4n) is 4.99. The molecule has 1 saturated heterocycles. The number of ether oxygens (including phenoxy) is 1. The number of benzene rings is 2. The summed E-state index contributed by atoms with van der Waals surface area (Å²) in [5.74, 6) is 1.67. The van der Waals surface area contributed by atoms with Gasteiger partial charge < -0.3 is 15.0 Å². The first-order valence-corrected chi connectivity index (χ1v) is 14.6. The smallest absolute Gasteiger partial charge is 0.245 e. The molecule has 39 heavy (non-hydrogen) atoms. The Hall–Kier alpha value is -3.47. The lowest BCUT2D eigenvalue weighted by atomic mass is 9.89. The molecule has 1 aliphatic rings. The van der Waals surface area contributed by atoms with Gasteiger partial charge in [0.25, 0.3) is 0 Å². The minimum absolute atomic E-state index is 0.201. The van der Waals surface area contributed by atoms with E-state index in [1.54, 1.807) is 36.0 Å². The predicted octanol–water partition coefficient (Wildman–Crippen LogP) is 5.03. The van der Waals surface area contributed by atoms with E-state index in [1.165, 1.54) is 5.56 Å². The van der Waals surface area contributed by atoms with Crippen LogP contribution >= 0.6 is 0 Å². The standard InChI is InChI=1S/C29H36N6O3S/c1-29(2,3)33-39(36,37)24-8-6-7-22(17-24)26-12-10-23-19-30-28(32-35(23)26)31-25-11-9-21(18-27(25)38-5)20-13-15-34(4)16-14-20/h6-12,17-20,33H,13-16H2,1-5H3,(H,31,32). The SMILES string of the molecule is COc1cc(C2CCN(C)CC2)ccc1Nc1ncc2ccc(-c3cccc(S(=O)(=O)NC(C)(C)C)c3)n2n1. The average Bonchev–Trinajstić information content (AvgIpc) is 3.31. The molecule has 3 heterocycles. The number of nitrogens with one attached hydrogen (secondary N) is 2. The van der Waals surface area contributed by atoms with Gasteiger partial charge in [-0.25, -0.2) is 22.6 Å². The first-order valence-electron chi connectivity index (χ1n) is 13.2. The summed E-state index contributed by atoms with van der Waals surface area (Å²) in [4.78, 5) is 7.06. The van der Waals surface area contributed by atoms with Crippen LogP contribution in [0.2, 0.25) is 0 Å². The zero-order valence-electron chi connectivity index (χ0n) is 23.1. The molecule has 0 atom stereocenters. The Labute approximate surface area is 230 Å². The van der Waals surface area contributed by atoms with Crippen LogP contribution in [0, 0.1) is 0 Å². The monoisotopic (exact) mass is 548 g/mol. The van der Waals surface area contributed by atoms with E-state index in [0.29, 0.717) is 11.9 Å². The van der Waals surface area contributed by atoms with Crippen LogP contribution in [0.5, 0.6) is 5.75 Å². The summed E-state index contributed by atoms with van der Waals surface area (Å²) in [7, 11) is 0.159. The third kappa shape index (κ3) is 6.08. The molecule has 0 bridgehead atoms. The van der Waals surface area contributed by atoms with E-state index in [0.717, 1.165) is 54.1 Å². The minimum Gasteiger partial charge on any atom is -0.495 e. The van der Waals surface area contributed by atoms with Crippen molar-refractivity contribution in [3.05, 3.63) is 66.4 Å². The molecule has 2 aromatic carbocycles. The molecule has 0 radical (unpaired) electrons. The highest BCUT2D eigenvalue weighted by atomic mass is 32.2. The Morgan fingerprint density at radius 3 is 2.51 bits per heavy atom. The van der Waals surface area contributed by atoms with E-state index in [4.69, 9.17) is 9.84 Å². The molecular formula is C29H36N6O3S. The van der Waals surface area contributed by atoms with E-state index < -0.39 is 15.6 Å². The number of rotatable bonds is 7. The van der Waals surface area contributed by atoms with E-state index in [-0.39, 0.29) is 4.90 Å². The highest BCUT2D eigenvalue weighted by Gasteiger charge is 2.23. The van der Waals surface area contributed by atoms with Gasteiger partial charge in [-0.1, -0.05) is 18.2 Å². The summed E-state index contributed by atoms with van der Waals surface area (Å²) in [6, 6.07) is 17.0. The topological polar surface area (TPSA) is 101 Å². The molecule has 0 unspecified atom stereocenters. The fourth-order valence-corrected chi connectivity index (χ4v) is 6.45. The number of likely N-dealkylation sites (tertiary alicyclic amines) is 1. The molecule has 0 saturated carbocycles. The van der Waals surface area contributed by atoms with Gasteiger partial charge in [0.2, 0.25) is 16.0 Å². The molecule has 2 N–H and O–H groups in total. The van der Waals surface area contributed by atoms with Crippen LogP contribution in [0.4, 0.5) is 11.6 Å². The minimum atomic E-state index is -3.68. The predicted molar refractivity (Wildman–Crippen MR) is 154 cm³/mol.